The number of hydrogen-bond donors (Lipinski definition) is 0. The number of carbonyl (C=O) groups excluding carboxylic acids is 2. The molecule has 0 aromatic heterocycles. The standard InChI is InChI=1S/C18H34O4/c19-14-12-10-8-6-4-2-1-3-5-7-9-11-13-15-21-16-17-22-18-20/h14,18H,1-13,15-17H2. The maximum atomic E-state index is 10.2. The van der Waals surface area contributed by atoms with Crippen molar-refractivity contribution < 1.29 is 19.1 Å². The van der Waals surface area contributed by atoms with Gasteiger partial charge in [0.25, 0.3) is 6.47 Å². The Morgan fingerprint density at radius 1 is 0.545 bits per heavy atom. The van der Waals surface area contributed by atoms with E-state index < -0.39 is 0 Å². The summed E-state index contributed by atoms with van der Waals surface area (Å²) in [6.45, 7) is 2.10. The van der Waals surface area contributed by atoms with Crippen molar-refractivity contribution in [2.45, 2.75) is 83.5 Å². The van der Waals surface area contributed by atoms with Crippen LogP contribution in [0.2, 0.25) is 0 Å². The third-order valence-electron chi connectivity index (χ3n) is 3.77. The molecule has 0 saturated heterocycles. The van der Waals surface area contributed by atoms with Gasteiger partial charge in [-0.15, -0.1) is 0 Å². The minimum absolute atomic E-state index is 0.362. The van der Waals surface area contributed by atoms with Gasteiger partial charge in [-0.3, -0.25) is 4.79 Å². The first-order valence-corrected chi connectivity index (χ1v) is 8.98. The van der Waals surface area contributed by atoms with Crippen LogP contribution in [0.3, 0.4) is 0 Å². The van der Waals surface area contributed by atoms with E-state index in [1.165, 1.54) is 64.2 Å². The minimum atomic E-state index is 0.362. The highest BCUT2D eigenvalue weighted by atomic mass is 16.5. The second-order valence-electron chi connectivity index (χ2n) is 5.78. The molecule has 0 aliphatic heterocycles. The van der Waals surface area contributed by atoms with Crippen molar-refractivity contribution in [2.75, 3.05) is 19.8 Å². The number of ether oxygens (including phenoxy) is 2. The lowest BCUT2D eigenvalue weighted by atomic mass is 10.0. The average molecular weight is 314 g/mol. The molecule has 130 valence electrons. The Kier molecular flexibility index (Phi) is 19.3. The van der Waals surface area contributed by atoms with Gasteiger partial charge in [0.2, 0.25) is 0 Å². The topological polar surface area (TPSA) is 52.6 Å². The lowest BCUT2D eigenvalue weighted by Gasteiger charge is -2.04. The fourth-order valence-electron chi connectivity index (χ4n) is 2.46. The van der Waals surface area contributed by atoms with Gasteiger partial charge in [0.1, 0.15) is 12.9 Å². The predicted octanol–water partition coefficient (Wildman–Crippen LogP) is 4.45. The van der Waals surface area contributed by atoms with Crippen LogP contribution in [0.4, 0.5) is 0 Å². The van der Waals surface area contributed by atoms with E-state index in [0.29, 0.717) is 19.7 Å². The third kappa shape index (κ3) is 19.1. The van der Waals surface area contributed by atoms with Crippen molar-refractivity contribution in [3.63, 3.8) is 0 Å². The summed E-state index contributed by atoms with van der Waals surface area (Å²) in [6, 6.07) is 0. The molecule has 0 atom stereocenters. The fourth-order valence-corrected chi connectivity index (χ4v) is 2.46. The molecule has 22 heavy (non-hydrogen) atoms. The van der Waals surface area contributed by atoms with E-state index in [9.17, 15) is 9.59 Å². The van der Waals surface area contributed by atoms with Gasteiger partial charge in [-0.25, -0.2) is 0 Å². The molecule has 0 unspecified atom stereocenters. The van der Waals surface area contributed by atoms with Crippen LogP contribution < -0.4 is 0 Å². The lowest BCUT2D eigenvalue weighted by molar-refractivity contribution is -0.130. The average Bonchev–Trinajstić information content (AvgIpc) is 2.54. The normalized spacial score (nSPS) is 10.5. The molecule has 0 aliphatic carbocycles. The number of hydrogen-bond acceptors (Lipinski definition) is 4. The van der Waals surface area contributed by atoms with Gasteiger partial charge in [-0.05, 0) is 12.8 Å². The first kappa shape index (κ1) is 21.1. The van der Waals surface area contributed by atoms with Crippen molar-refractivity contribution in [1.29, 1.82) is 0 Å². The van der Waals surface area contributed by atoms with Gasteiger partial charge in [0, 0.05) is 13.0 Å². The summed E-state index contributed by atoms with van der Waals surface area (Å²) in [5, 5.41) is 0. The van der Waals surface area contributed by atoms with Crippen molar-refractivity contribution in [3.8, 4) is 0 Å². The second kappa shape index (κ2) is 20.1. The molecular formula is C18H34O4. The van der Waals surface area contributed by atoms with E-state index >= 15 is 0 Å². The first-order valence-electron chi connectivity index (χ1n) is 8.98. The summed E-state index contributed by atoms with van der Waals surface area (Å²) in [4.78, 5) is 20.0. The minimum Gasteiger partial charge on any atom is -0.465 e. The second-order valence-corrected chi connectivity index (χ2v) is 5.78. The molecule has 0 bridgehead atoms. The Morgan fingerprint density at radius 3 is 1.55 bits per heavy atom. The molecular weight excluding hydrogens is 280 g/mol. The van der Waals surface area contributed by atoms with Gasteiger partial charge < -0.3 is 14.3 Å². The van der Waals surface area contributed by atoms with Gasteiger partial charge in [-0.1, -0.05) is 64.2 Å². The molecule has 0 saturated carbocycles. The molecule has 0 aromatic rings. The molecule has 0 spiro atoms. The SMILES string of the molecule is O=CCCCCCCCCCCCCCCOCCOC=O. The van der Waals surface area contributed by atoms with E-state index in [1.54, 1.807) is 0 Å². The van der Waals surface area contributed by atoms with E-state index in [4.69, 9.17) is 4.74 Å². The summed E-state index contributed by atoms with van der Waals surface area (Å²) in [7, 11) is 0. The summed E-state index contributed by atoms with van der Waals surface area (Å²) in [5.74, 6) is 0. The summed E-state index contributed by atoms with van der Waals surface area (Å²) in [6.07, 6.45) is 17.0. The summed E-state index contributed by atoms with van der Waals surface area (Å²) >= 11 is 0. The summed E-state index contributed by atoms with van der Waals surface area (Å²) < 4.78 is 9.88. The predicted molar refractivity (Wildman–Crippen MR) is 88.9 cm³/mol. The number of carbonyl (C=O) groups is 2. The van der Waals surface area contributed by atoms with Crippen LogP contribution in [0.15, 0.2) is 0 Å². The smallest absolute Gasteiger partial charge is 0.293 e. The highest BCUT2D eigenvalue weighted by Crippen LogP contribution is 2.12. The Balaban J connectivity index is 2.94. The van der Waals surface area contributed by atoms with Crippen LogP contribution >= 0.6 is 0 Å². The fraction of sp³-hybridized carbons (Fsp3) is 0.889. The Hall–Kier alpha value is -0.900. The molecule has 0 rings (SSSR count). The van der Waals surface area contributed by atoms with Crippen LogP contribution in [-0.4, -0.2) is 32.6 Å². The van der Waals surface area contributed by atoms with E-state index in [1.807, 2.05) is 0 Å². The Bertz CT molecular complexity index is 207. The lowest BCUT2D eigenvalue weighted by Crippen LogP contribution is -2.04. The quantitative estimate of drug-likeness (QED) is 0.261. The zero-order chi connectivity index (χ0) is 16.1. The van der Waals surface area contributed by atoms with E-state index in [0.717, 1.165) is 32.2 Å². The summed E-state index contributed by atoms with van der Waals surface area (Å²) in [5.41, 5.74) is 0. The highest BCUT2D eigenvalue weighted by Gasteiger charge is 1.94. The van der Waals surface area contributed by atoms with Gasteiger partial charge in [0.15, 0.2) is 0 Å². The Morgan fingerprint density at radius 2 is 1.05 bits per heavy atom. The van der Waals surface area contributed by atoms with Gasteiger partial charge in [-0.2, -0.15) is 0 Å². The van der Waals surface area contributed by atoms with E-state index in [-0.39, 0.29) is 0 Å². The maximum Gasteiger partial charge on any atom is 0.293 e. The highest BCUT2D eigenvalue weighted by molar-refractivity contribution is 5.48. The van der Waals surface area contributed by atoms with Crippen LogP contribution in [0.25, 0.3) is 0 Å². The van der Waals surface area contributed by atoms with Crippen LogP contribution in [0.1, 0.15) is 83.5 Å². The largest absolute Gasteiger partial charge is 0.465 e. The van der Waals surface area contributed by atoms with E-state index in [2.05, 4.69) is 4.74 Å². The number of aldehydes is 1. The van der Waals surface area contributed by atoms with Gasteiger partial charge >= 0.3 is 0 Å². The molecule has 0 fully saturated rings. The van der Waals surface area contributed by atoms with Crippen molar-refractivity contribution in [1.82, 2.24) is 0 Å². The Labute approximate surface area is 135 Å². The zero-order valence-electron chi connectivity index (χ0n) is 14.1. The van der Waals surface area contributed by atoms with Gasteiger partial charge in [0.05, 0.1) is 6.61 Å². The molecule has 0 N–H and O–H groups in total. The zero-order valence-corrected chi connectivity index (χ0v) is 14.1. The third-order valence-corrected chi connectivity index (χ3v) is 3.77. The molecule has 0 radical (unpaired) electrons. The molecule has 4 heteroatoms. The van der Waals surface area contributed by atoms with Crippen LogP contribution in [0, 0.1) is 0 Å². The van der Waals surface area contributed by atoms with Crippen LogP contribution in [0.5, 0.6) is 0 Å². The van der Waals surface area contributed by atoms with Crippen molar-refractivity contribution in [2.24, 2.45) is 0 Å². The molecule has 0 heterocycles. The van der Waals surface area contributed by atoms with Crippen LogP contribution in [-0.2, 0) is 19.1 Å². The molecule has 4 nitrogen and oxygen atoms in total. The monoisotopic (exact) mass is 314 g/mol. The number of rotatable bonds is 19. The maximum absolute atomic E-state index is 10.2. The molecule has 0 aliphatic rings. The molecule has 0 amide bonds. The van der Waals surface area contributed by atoms with Crippen molar-refractivity contribution >= 4 is 12.8 Å². The molecule has 0 aromatic carbocycles. The number of unbranched alkanes of at least 4 members (excludes halogenated alkanes) is 12. The first-order chi connectivity index (χ1) is 10.9. The van der Waals surface area contributed by atoms with Crippen molar-refractivity contribution in [3.05, 3.63) is 0 Å².